The van der Waals surface area contributed by atoms with Crippen LogP contribution >= 0.6 is 0 Å². The fourth-order valence-corrected chi connectivity index (χ4v) is 6.52. The highest BCUT2D eigenvalue weighted by atomic mass is 19.1. The first kappa shape index (κ1) is 24.9. The van der Waals surface area contributed by atoms with Crippen LogP contribution in [0.4, 0.5) is 4.39 Å². The van der Waals surface area contributed by atoms with Crippen LogP contribution in [0.5, 0.6) is 0 Å². The zero-order chi connectivity index (χ0) is 27.4. The second-order valence-electron chi connectivity index (χ2n) is 11.4. The minimum absolute atomic E-state index is 0.0913. The molecule has 3 aromatic rings. The summed E-state index contributed by atoms with van der Waals surface area (Å²) in [5.74, 6) is 0.172. The lowest BCUT2D eigenvalue weighted by Crippen LogP contribution is -2.46. The average Bonchev–Trinajstić information content (AvgIpc) is 3.64. The molecule has 0 unspecified atom stereocenters. The van der Waals surface area contributed by atoms with Crippen molar-refractivity contribution in [3.63, 3.8) is 0 Å². The molecule has 204 valence electrons. The lowest BCUT2D eigenvalue weighted by atomic mass is 9.82. The molecule has 40 heavy (non-hydrogen) atoms. The molecule has 0 bridgehead atoms. The SMILES string of the molecule is NC1=N[C@](CCC2CC2)(c2ccc(F)cc2)C(=O)N1[C@@H]1CCCc2ccc(C(=O)N3Cc4nccnc4C3)cc21. The molecular weight excluding hydrogens is 507 g/mol. The number of hydrogen-bond donors (Lipinski definition) is 1. The molecule has 4 aliphatic rings. The van der Waals surface area contributed by atoms with E-state index in [1.54, 1.807) is 34.3 Å². The van der Waals surface area contributed by atoms with Gasteiger partial charge in [0.2, 0.25) is 0 Å². The number of nitrogens with two attached hydrogens (primary N) is 1. The predicted molar refractivity (Wildman–Crippen MR) is 146 cm³/mol. The van der Waals surface area contributed by atoms with E-state index in [4.69, 9.17) is 10.7 Å². The summed E-state index contributed by atoms with van der Waals surface area (Å²) in [5.41, 5.74) is 10.3. The molecule has 9 heteroatoms. The Morgan fingerprint density at radius 1 is 1.02 bits per heavy atom. The van der Waals surface area contributed by atoms with Crippen molar-refractivity contribution in [3.8, 4) is 0 Å². The maximum absolute atomic E-state index is 14.4. The van der Waals surface area contributed by atoms with Crippen LogP contribution in [0, 0.1) is 11.7 Å². The number of carbonyl (C=O) groups excluding carboxylic acids is 2. The van der Waals surface area contributed by atoms with Crippen molar-refractivity contribution in [2.24, 2.45) is 16.6 Å². The predicted octanol–water partition coefficient (Wildman–Crippen LogP) is 4.39. The Morgan fingerprint density at radius 3 is 2.45 bits per heavy atom. The third kappa shape index (κ3) is 4.15. The van der Waals surface area contributed by atoms with E-state index in [1.807, 2.05) is 18.2 Å². The molecule has 2 amide bonds. The van der Waals surface area contributed by atoms with E-state index >= 15 is 0 Å². The van der Waals surface area contributed by atoms with Gasteiger partial charge in [-0.25, -0.2) is 9.38 Å². The van der Waals surface area contributed by atoms with Gasteiger partial charge in [0.25, 0.3) is 11.8 Å². The number of fused-ring (bicyclic) bond motifs is 2. The number of hydrogen-bond acceptors (Lipinski definition) is 6. The van der Waals surface area contributed by atoms with Gasteiger partial charge in [0.1, 0.15) is 5.82 Å². The van der Waals surface area contributed by atoms with Gasteiger partial charge in [-0.3, -0.25) is 24.5 Å². The summed E-state index contributed by atoms with van der Waals surface area (Å²) in [4.78, 5) is 44.9. The molecule has 1 aromatic heterocycles. The minimum atomic E-state index is -1.16. The molecule has 8 nitrogen and oxygen atoms in total. The zero-order valence-corrected chi connectivity index (χ0v) is 22.2. The van der Waals surface area contributed by atoms with Crippen molar-refractivity contribution in [2.45, 2.75) is 69.6 Å². The van der Waals surface area contributed by atoms with Crippen LogP contribution in [-0.2, 0) is 29.8 Å². The van der Waals surface area contributed by atoms with Crippen molar-refractivity contribution in [2.75, 3.05) is 0 Å². The summed E-state index contributed by atoms with van der Waals surface area (Å²) in [5, 5.41) is 0. The standard InChI is InChI=1S/C31H31FN6O2/c32-23-10-8-22(9-11-23)31(13-12-19-4-5-19)29(40)38(30(33)36-31)27-3-1-2-20-6-7-21(16-24(20)27)28(39)37-17-25-26(18-37)35-15-14-34-25/h6-11,14-16,19,27H,1-5,12-13,17-18H2,(H2,33,36)/t27-,31-/m1/s1. The maximum Gasteiger partial charge on any atom is 0.262 e. The fraction of sp³-hybridized carbons (Fsp3) is 0.387. The number of benzene rings is 2. The molecule has 2 N–H and O–H groups in total. The lowest BCUT2D eigenvalue weighted by Gasteiger charge is -2.35. The lowest BCUT2D eigenvalue weighted by molar-refractivity contribution is -0.133. The van der Waals surface area contributed by atoms with Gasteiger partial charge in [-0.2, -0.15) is 0 Å². The molecule has 0 radical (unpaired) electrons. The Labute approximate surface area is 232 Å². The van der Waals surface area contributed by atoms with Crippen LogP contribution in [0.2, 0.25) is 0 Å². The van der Waals surface area contributed by atoms with Crippen LogP contribution in [0.3, 0.4) is 0 Å². The molecule has 2 aliphatic heterocycles. The molecule has 2 aliphatic carbocycles. The summed E-state index contributed by atoms with van der Waals surface area (Å²) < 4.78 is 13.8. The molecule has 3 heterocycles. The second kappa shape index (κ2) is 9.50. The number of rotatable bonds is 6. The van der Waals surface area contributed by atoms with Crippen molar-refractivity contribution in [1.82, 2.24) is 19.8 Å². The van der Waals surface area contributed by atoms with Gasteiger partial charge < -0.3 is 10.6 Å². The number of nitrogens with zero attached hydrogens (tertiary/aromatic N) is 5. The van der Waals surface area contributed by atoms with Gasteiger partial charge in [-0.05, 0) is 79.0 Å². The number of carbonyl (C=O) groups is 2. The smallest absolute Gasteiger partial charge is 0.262 e. The van der Waals surface area contributed by atoms with Crippen molar-refractivity contribution in [1.29, 1.82) is 0 Å². The van der Waals surface area contributed by atoms with Gasteiger partial charge in [-0.1, -0.05) is 31.0 Å². The van der Waals surface area contributed by atoms with E-state index in [1.165, 1.54) is 12.1 Å². The minimum Gasteiger partial charge on any atom is -0.369 e. The monoisotopic (exact) mass is 538 g/mol. The summed E-state index contributed by atoms with van der Waals surface area (Å²) in [6.45, 7) is 0.849. The first-order valence-electron chi connectivity index (χ1n) is 14.1. The van der Waals surface area contributed by atoms with Crippen LogP contribution in [0.1, 0.15) is 83.0 Å². The zero-order valence-electron chi connectivity index (χ0n) is 22.2. The fourth-order valence-electron chi connectivity index (χ4n) is 6.52. The highest BCUT2D eigenvalue weighted by molar-refractivity contribution is 6.07. The Kier molecular flexibility index (Phi) is 5.91. The number of guanidine groups is 1. The first-order valence-corrected chi connectivity index (χ1v) is 14.1. The highest BCUT2D eigenvalue weighted by Gasteiger charge is 2.52. The van der Waals surface area contributed by atoms with Crippen LogP contribution < -0.4 is 5.73 Å². The molecule has 0 spiro atoms. The molecule has 2 atom stereocenters. The number of halogens is 1. The van der Waals surface area contributed by atoms with Gasteiger partial charge >= 0.3 is 0 Å². The molecule has 0 saturated heterocycles. The molecule has 1 fully saturated rings. The van der Waals surface area contributed by atoms with Crippen molar-refractivity contribution < 1.29 is 14.0 Å². The summed E-state index contributed by atoms with van der Waals surface area (Å²) in [6.07, 6.45) is 9.51. The Balaban J connectivity index is 1.21. The van der Waals surface area contributed by atoms with E-state index in [2.05, 4.69) is 9.97 Å². The Morgan fingerprint density at radius 2 is 1.75 bits per heavy atom. The van der Waals surface area contributed by atoms with E-state index in [9.17, 15) is 14.0 Å². The summed E-state index contributed by atoms with van der Waals surface area (Å²) in [6, 6.07) is 11.5. The number of amides is 2. The summed E-state index contributed by atoms with van der Waals surface area (Å²) in [7, 11) is 0. The molecule has 1 saturated carbocycles. The third-order valence-electron chi connectivity index (χ3n) is 8.87. The van der Waals surface area contributed by atoms with Crippen LogP contribution in [0.15, 0.2) is 59.9 Å². The molecular formula is C31H31FN6O2. The van der Waals surface area contributed by atoms with E-state index in [-0.39, 0.29) is 29.6 Å². The maximum atomic E-state index is 14.4. The largest absolute Gasteiger partial charge is 0.369 e. The molecule has 7 rings (SSSR count). The third-order valence-corrected chi connectivity index (χ3v) is 8.87. The van der Waals surface area contributed by atoms with Crippen molar-refractivity contribution in [3.05, 3.63) is 94.3 Å². The van der Waals surface area contributed by atoms with Gasteiger partial charge in [-0.15, -0.1) is 0 Å². The molecule has 2 aromatic carbocycles. The number of aromatic nitrogens is 2. The van der Waals surface area contributed by atoms with Gasteiger partial charge in [0.05, 0.1) is 30.5 Å². The average molecular weight is 539 g/mol. The highest BCUT2D eigenvalue weighted by Crippen LogP contribution is 2.46. The number of aliphatic imine (C=N–C) groups is 1. The normalized spacial score (nSPS) is 23.7. The topological polar surface area (TPSA) is 105 Å². The van der Waals surface area contributed by atoms with E-state index < -0.39 is 5.54 Å². The number of aryl methyl sites for hydroxylation is 1. The summed E-state index contributed by atoms with van der Waals surface area (Å²) >= 11 is 0. The van der Waals surface area contributed by atoms with Crippen LogP contribution in [-0.4, -0.2) is 37.5 Å². The Bertz CT molecular complexity index is 1510. The van der Waals surface area contributed by atoms with E-state index in [0.29, 0.717) is 36.6 Å². The quantitative estimate of drug-likeness (QED) is 0.501. The van der Waals surface area contributed by atoms with Crippen LogP contribution in [0.25, 0.3) is 0 Å². The second-order valence-corrected chi connectivity index (χ2v) is 11.4. The Hall–Kier alpha value is -4.14. The van der Waals surface area contributed by atoms with Crippen molar-refractivity contribution >= 4 is 17.8 Å². The van der Waals surface area contributed by atoms with Gasteiger partial charge in [0, 0.05) is 18.0 Å². The first-order chi connectivity index (χ1) is 19.4. The van der Waals surface area contributed by atoms with Gasteiger partial charge in [0.15, 0.2) is 11.5 Å². The van der Waals surface area contributed by atoms with E-state index in [0.717, 1.165) is 61.0 Å².